The zero-order valence-electron chi connectivity index (χ0n) is 11.7. The van der Waals surface area contributed by atoms with E-state index in [4.69, 9.17) is 11.6 Å². The third-order valence-corrected chi connectivity index (χ3v) is 3.59. The molecule has 0 spiro atoms. The van der Waals surface area contributed by atoms with Crippen LogP contribution in [0.4, 0.5) is 0 Å². The summed E-state index contributed by atoms with van der Waals surface area (Å²) in [6.07, 6.45) is 1.07. The summed E-state index contributed by atoms with van der Waals surface area (Å²) in [7, 11) is 2.05. The second kappa shape index (κ2) is 5.88. The Hall–Kier alpha value is -0.530. The Labute approximate surface area is 111 Å². The van der Waals surface area contributed by atoms with Crippen LogP contribution in [0, 0.1) is 6.92 Å². The zero-order chi connectivity index (χ0) is 13.1. The Bertz CT molecular complexity index is 366. The van der Waals surface area contributed by atoms with Crippen molar-refractivity contribution in [2.24, 2.45) is 0 Å². The van der Waals surface area contributed by atoms with E-state index in [1.807, 2.05) is 0 Å². The van der Waals surface area contributed by atoms with Crippen molar-refractivity contribution >= 4 is 11.6 Å². The molecule has 2 heteroatoms. The van der Waals surface area contributed by atoms with Gasteiger partial charge in [-0.05, 0) is 42.5 Å². The molecule has 0 fully saturated rings. The highest BCUT2D eigenvalue weighted by molar-refractivity contribution is 6.17. The van der Waals surface area contributed by atoms with E-state index in [1.165, 1.54) is 16.7 Å². The van der Waals surface area contributed by atoms with E-state index in [-0.39, 0.29) is 5.41 Å². The first-order valence-electron chi connectivity index (χ1n) is 6.19. The normalized spacial score (nSPS) is 12.2. The topological polar surface area (TPSA) is 3.24 Å². The van der Waals surface area contributed by atoms with Crippen molar-refractivity contribution in [2.75, 3.05) is 19.6 Å². The fourth-order valence-corrected chi connectivity index (χ4v) is 1.90. The largest absolute Gasteiger partial charge is 0.293 e. The maximum atomic E-state index is 5.79. The molecule has 0 saturated carbocycles. The van der Waals surface area contributed by atoms with E-state index in [0.717, 1.165) is 13.0 Å². The number of benzene rings is 1. The van der Waals surface area contributed by atoms with Crippen LogP contribution in [0.15, 0.2) is 18.2 Å². The van der Waals surface area contributed by atoms with Crippen molar-refractivity contribution in [2.45, 2.75) is 39.5 Å². The van der Waals surface area contributed by atoms with Gasteiger partial charge in [0.1, 0.15) is 0 Å². The fraction of sp³-hybridized carbons (Fsp3) is 0.600. The highest BCUT2D eigenvalue weighted by Crippen LogP contribution is 2.24. The molecule has 0 saturated heterocycles. The number of likely N-dealkylation sites (N-methyl/N-ethyl adjacent to an activating group) is 1. The number of nitrogens with zero attached hydrogens (tertiary/aromatic N) is 1. The standard InChI is InChI=1S/C15H24ClN/c1-12-6-7-14(15(2,3)4)10-13(12)8-9-17(5)11-16/h6-7,10H,8-9,11H2,1-5H3. The van der Waals surface area contributed by atoms with Gasteiger partial charge in [0.05, 0.1) is 6.00 Å². The molecule has 0 heterocycles. The molecule has 0 amide bonds. The number of rotatable bonds is 4. The minimum atomic E-state index is 0.223. The maximum absolute atomic E-state index is 5.79. The van der Waals surface area contributed by atoms with Crippen LogP contribution in [-0.4, -0.2) is 24.5 Å². The number of hydrogen-bond donors (Lipinski definition) is 0. The van der Waals surface area contributed by atoms with Gasteiger partial charge in [0.15, 0.2) is 0 Å². The molecule has 0 aliphatic heterocycles. The van der Waals surface area contributed by atoms with Gasteiger partial charge in [-0.2, -0.15) is 0 Å². The zero-order valence-corrected chi connectivity index (χ0v) is 12.4. The number of alkyl halides is 1. The SMILES string of the molecule is Cc1ccc(C(C)(C)C)cc1CCN(C)CCl. The third kappa shape index (κ3) is 4.33. The van der Waals surface area contributed by atoms with Crippen LogP contribution in [-0.2, 0) is 11.8 Å². The summed E-state index contributed by atoms with van der Waals surface area (Å²) < 4.78 is 0. The summed E-state index contributed by atoms with van der Waals surface area (Å²) in [5.74, 6) is 0. The molecule has 0 bridgehead atoms. The lowest BCUT2D eigenvalue weighted by molar-refractivity contribution is 0.393. The molecule has 1 aromatic rings. The van der Waals surface area contributed by atoms with E-state index in [9.17, 15) is 0 Å². The van der Waals surface area contributed by atoms with Crippen molar-refractivity contribution in [3.63, 3.8) is 0 Å². The summed E-state index contributed by atoms with van der Waals surface area (Å²) in [6, 6.07) is 7.41. The van der Waals surface area contributed by atoms with Gasteiger partial charge >= 0.3 is 0 Å². The average molecular weight is 254 g/mol. The molecule has 96 valence electrons. The van der Waals surface area contributed by atoms with Crippen molar-refractivity contribution in [1.82, 2.24) is 4.90 Å². The van der Waals surface area contributed by atoms with Crippen LogP contribution in [0.25, 0.3) is 0 Å². The summed E-state index contributed by atoms with van der Waals surface area (Å²) >= 11 is 5.79. The molecule has 1 nitrogen and oxygen atoms in total. The molecule has 0 unspecified atom stereocenters. The lowest BCUT2D eigenvalue weighted by atomic mass is 9.85. The van der Waals surface area contributed by atoms with Crippen molar-refractivity contribution in [1.29, 1.82) is 0 Å². The highest BCUT2D eigenvalue weighted by Gasteiger charge is 2.14. The van der Waals surface area contributed by atoms with E-state index in [0.29, 0.717) is 6.00 Å². The third-order valence-electron chi connectivity index (χ3n) is 3.18. The van der Waals surface area contributed by atoms with E-state index in [2.05, 4.69) is 57.8 Å². The van der Waals surface area contributed by atoms with Crippen LogP contribution in [0.3, 0.4) is 0 Å². The molecule has 0 N–H and O–H groups in total. The molecule has 0 aliphatic rings. The van der Waals surface area contributed by atoms with Crippen molar-refractivity contribution in [3.05, 3.63) is 34.9 Å². The number of aryl methyl sites for hydroxylation is 1. The fourth-order valence-electron chi connectivity index (χ4n) is 1.78. The average Bonchev–Trinajstić information content (AvgIpc) is 2.26. The van der Waals surface area contributed by atoms with Crippen LogP contribution in [0.5, 0.6) is 0 Å². The first-order chi connectivity index (χ1) is 7.84. The number of halogens is 1. The second-order valence-corrected chi connectivity index (χ2v) is 6.08. The minimum Gasteiger partial charge on any atom is -0.293 e. The van der Waals surface area contributed by atoms with Crippen molar-refractivity contribution < 1.29 is 0 Å². The predicted octanol–water partition coefficient (Wildman–Crippen LogP) is 3.96. The quantitative estimate of drug-likeness (QED) is 0.580. The first kappa shape index (κ1) is 14.5. The molecule has 0 aromatic heterocycles. The van der Waals surface area contributed by atoms with Crippen LogP contribution in [0.1, 0.15) is 37.5 Å². The molecule has 17 heavy (non-hydrogen) atoms. The molecule has 1 aromatic carbocycles. The maximum Gasteiger partial charge on any atom is 0.0736 e. The molecule has 0 atom stereocenters. The van der Waals surface area contributed by atoms with Gasteiger partial charge in [-0.15, -0.1) is 11.6 Å². The molecular formula is C15H24ClN. The molecule has 0 aliphatic carbocycles. The molecule has 1 rings (SSSR count). The molecular weight excluding hydrogens is 230 g/mol. The van der Waals surface area contributed by atoms with E-state index >= 15 is 0 Å². The van der Waals surface area contributed by atoms with E-state index in [1.54, 1.807) is 0 Å². The van der Waals surface area contributed by atoms with Crippen LogP contribution < -0.4 is 0 Å². The van der Waals surface area contributed by atoms with E-state index < -0.39 is 0 Å². The number of hydrogen-bond acceptors (Lipinski definition) is 1. The van der Waals surface area contributed by atoms with Gasteiger partial charge in [0.2, 0.25) is 0 Å². The summed E-state index contributed by atoms with van der Waals surface area (Å²) in [4.78, 5) is 2.13. The summed E-state index contributed by atoms with van der Waals surface area (Å²) in [5.41, 5.74) is 4.45. The molecule has 0 radical (unpaired) electrons. The van der Waals surface area contributed by atoms with Crippen molar-refractivity contribution in [3.8, 4) is 0 Å². The first-order valence-corrected chi connectivity index (χ1v) is 6.72. The minimum absolute atomic E-state index is 0.223. The summed E-state index contributed by atoms with van der Waals surface area (Å²) in [6.45, 7) is 9.96. The summed E-state index contributed by atoms with van der Waals surface area (Å²) in [5, 5.41) is 0. The van der Waals surface area contributed by atoms with Gasteiger partial charge in [-0.25, -0.2) is 0 Å². The lowest BCUT2D eigenvalue weighted by Crippen LogP contribution is -2.20. The second-order valence-electron chi connectivity index (χ2n) is 5.84. The lowest BCUT2D eigenvalue weighted by Gasteiger charge is -2.21. The van der Waals surface area contributed by atoms with Gasteiger partial charge in [0, 0.05) is 6.54 Å². The van der Waals surface area contributed by atoms with Gasteiger partial charge in [-0.3, -0.25) is 4.90 Å². The van der Waals surface area contributed by atoms with Crippen LogP contribution in [0.2, 0.25) is 0 Å². The Morgan fingerprint density at radius 1 is 1.24 bits per heavy atom. The smallest absolute Gasteiger partial charge is 0.0736 e. The highest BCUT2D eigenvalue weighted by atomic mass is 35.5. The van der Waals surface area contributed by atoms with Gasteiger partial charge in [-0.1, -0.05) is 39.0 Å². The van der Waals surface area contributed by atoms with Crippen LogP contribution >= 0.6 is 11.6 Å². The monoisotopic (exact) mass is 253 g/mol. The van der Waals surface area contributed by atoms with Gasteiger partial charge in [0.25, 0.3) is 0 Å². The Balaban J connectivity index is 2.84. The Morgan fingerprint density at radius 2 is 1.88 bits per heavy atom. The predicted molar refractivity (Wildman–Crippen MR) is 76.9 cm³/mol. The Kier molecular flexibility index (Phi) is 5.03. The van der Waals surface area contributed by atoms with Gasteiger partial charge < -0.3 is 0 Å². The Morgan fingerprint density at radius 3 is 2.41 bits per heavy atom.